The molecule has 1 atom stereocenters. The lowest BCUT2D eigenvalue weighted by molar-refractivity contribution is -0.138. The molecule has 0 heterocycles. The Balaban J connectivity index is 2.34. The topological polar surface area (TPSA) is 101 Å². The van der Waals surface area contributed by atoms with Crippen LogP contribution >= 0.6 is 0 Å². The molecule has 2 rings (SSSR count). The van der Waals surface area contributed by atoms with Crippen LogP contribution in [-0.4, -0.2) is 31.3 Å². The molecule has 0 aromatic heterocycles. The van der Waals surface area contributed by atoms with E-state index in [9.17, 15) is 18.0 Å². The molecule has 1 aromatic rings. The Morgan fingerprint density at radius 1 is 1.35 bits per heavy atom. The number of benzene rings is 1. The fourth-order valence-electron chi connectivity index (χ4n) is 2.14. The molecule has 6 nitrogen and oxygen atoms in total. The number of rotatable bonds is 4. The van der Waals surface area contributed by atoms with E-state index in [1.807, 2.05) is 0 Å². The van der Waals surface area contributed by atoms with E-state index >= 15 is 0 Å². The molecule has 0 bridgehead atoms. The van der Waals surface area contributed by atoms with E-state index in [2.05, 4.69) is 4.72 Å². The van der Waals surface area contributed by atoms with Gasteiger partial charge in [-0.25, -0.2) is 8.42 Å². The number of sulfonamides is 1. The molecule has 108 valence electrons. The summed E-state index contributed by atoms with van der Waals surface area (Å²) >= 11 is 0. The predicted octanol–water partition coefficient (Wildman–Crippen LogP) is 0.957. The van der Waals surface area contributed by atoms with Gasteiger partial charge < -0.3 is 5.11 Å². The second-order valence-electron chi connectivity index (χ2n) is 4.78. The van der Waals surface area contributed by atoms with Gasteiger partial charge in [0.2, 0.25) is 10.0 Å². The number of carbonyl (C=O) groups excluding carboxylic acids is 1. The number of nitrogens with one attached hydrogen (secondary N) is 1. The van der Waals surface area contributed by atoms with Crippen LogP contribution in [0.1, 0.15) is 35.7 Å². The van der Waals surface area contributed by atoms with E-state index < -0.39 is 22.0 Å². The summed E-state index contributed by atoms with van der Waals surface area (Å²) in [4.78, 5) is 22.4. The lowest BCUT2D eigenvalue weighted by atomic mass is 9.91. The molecule has 1 aliphatic rings. The van der Waals surface area contributed by atoms with Gasteiger partial charge in [-0.2, -0.15) is 4.72 Å². The fourth-order valence-corrected chi connectivity index (χ4v) is 3.39. The summed E-state index contributed by atoms with van der Waals surface area (Å²) in [5.74, 6) is -1.23. The van der Waals surface area contributed by atoms with Crippen LogP contribution in [0.4, 0.5) is 0 Å². The number of carbonyl (C=O) groups is 2. The Labute approximate surface area is 116 Å². The molecule has 0 saturated heterocycles. The first kappa shape index (κ1) is 14.7. The zero-order valence-corrected chi connectivity index (χ0v) is 11.7. The quantitative estimate of drug-likeness (QED) is 0.862. The summed E-state index contributed by atoms with van der Waals surface area (Å²) in [5.41, 5.74) is 1.26. The molecule has 2 N–H and O–H groups in total. The average Bonchev–Trinajstić information content (AvgIpc) is 2.38. The van der Waals surface area contributed by atoms with Crippen molar-refractivity contribution in [3.8, 4) is 0 Å². The molecule has 1 unspecified atom stereocenters. The zero-order valence-electron chi connectivity index (χ0n) is 10.9. The minimum Gasteiger partial charge on any atom is -0.480 e. The first-order valence-corrected chi connectivity index (χ1v) is 7.71. The number of ketones is 1. The summed E-state index contributed by atoms with van der Waals surface area (Å²) < 4.78 is 26.2. The third-order valence-corrected chi connectivity index (χ3v) is 4.78. The van der Waals surface area contributed by atoms with Crippen LogP contribution in [0.25, 0.3) is 0 Å². The molecule has 0 amide bonds. The summed E-state index contributed by atoms with van der Waals surface area (Å²) in [7, 11) is -3.90. The predicted molar refractivity (Wildman–Crippen MR) is 71.1 cm³/mol. The maximum Gasteiger partial charge on any atom is 0.321 e. The highest BCUT2D eigenvalue weighted by atomic mass is 32.2. The van der Waals surface area contributed by atoms with Gasteiger partial charge in [0.1, 0.15) is 6.04 Å². The van der Waals surface area contributed by atoms with E-state index in [4.69, 9.17) is 5.11 Å². The lowest BCUT2D eigenvalue weighted by Crippen LogP contribution is -2.38. The van der Waals surface area contributed by atoms with Crippen LogP contribution < -0.4 is 4.72 Å². The summed E-state index contributed by atoms with van der Waals surface area (Å²) in [6.45, 7) is 1.25. The third kappa shape index (κ3) is 2.88. The normalized spacial score (nSPS) is 16.6. The van der Waals surface area contributed by atoms with Crippen LogP contribution in [0.2, 0.25) is 0 Å². The molecule has 1 aromatic carbocycles. The Bertz CT molecular complexity index is 665. The minimum absolute atomic E-state index is 0.0148. The number of aliphatic carboxylic acids is 1. The molecule has 0 fully saturated rings. The van der Waals surface area contributed by atoms with Gasteiger partial charge in [0.05, 0.1) is 4.90 Å². The first-order chi connectivity index (χ1) is 9.31. The average molecular weight is 297 g/mol. The van der Waals surface area contributed by atoms with Gasteiger partial charge in [0.25, 0.3) is 0 Å². The van der Waals surface area contributed by atoms with Crippen molar-refractivity contribution in [3.63, 3.8) is 0 Å². The second kappa shape index (κ2) is 5.34. The molecular weight excluding hydrogens is 282 g/mol. The Hall–Kier alpha value is -1.73. The van der Waals surface area contributed by atoms with Crippen molar-refractivity contribution < 1.29 is 23.1 Å². The maximum absolute atomic E-state index is 12.1. The molecular formula is C13H15NO5S. The van der Waals surface area contributed by atoms with Crippen molar-refractivity contribution in [1.29, 1.82) is 0 Å². The van der Waals surface area contributed by atoms with Crippen LogP contribution in [-0.2, 0) is 21.2 Å². The standard InChI is InChI=1S/C13H15NO5S/c1-8(13(16)17)14-20(18,19)10-5-6-11-9(7-10)3-2-4-12(11)15/h5-8,14H,2-4H2,1H3,(H,16,17). The smallest absolute Gasteiger partial charge is 0.321 e. The first-order valence-electron chi connectivity index (χ1n) is 6.22. The van der Waals surface area contributed by atoms with Crippen LogP contribution in [0.15, 0.2) is 23.1 Å². The number of hydrogen-bond acceptors (Lipinski definition) is 4. The van der Waals surface area contributed by atoms with E-state index in [0.717, 1.165) is 0 Å². The van der Waals surface area contributed by atoms with Crippen LogP contribution in [0.3, 0.4) is 0 Å². The Morgan fingerprint density at radius 3 is 2.70 bits per heavy atom. The Morgan fingerprint density at radius 2 is 2.05 bits per heavy atom. The largest absolute Gasteiger partial charge is 0.480 e. The molecule has 0 spiro atoms. The van der Waals surface area contributed by atoms with Gasteiger partial charge in [-0.3, -0.25) is 9.59 Å². The fraction of sp³-hybridized carbons (Fsp3) is 0.385. The molecule has 0 saturated carbocycles. The van der Waals surface area contributed by atoms with Crippen molar-refractivity contribution in [3.05, 3.63) is 29.3 Å². The van der Waals surface area contributed by atoms with E-state index in [1.165, 1.54) is 25.1 Å². The van der Waals surface area contributed by atoms with Gasteiger partial charge in [-0.1, -0.05) is 0 Å². The van der Waals surface area contributed by atoms with E-state index in [1.54, 1.807) is 0 Å². The summed E-state index contributed by atoms with van der Waals surface area (Å²) in [6.07, 6.45) is 1.83. The molecule has 7 heteroatoms. The minimum atomic E-state index is -3.90. The van der Waals surface area contributed by atoms with E-state index in [-0.39, 0.29) is 10.7 Å². The van der Waals surface area contributed by atoms with E-state index in [0.29, 0.717) is 30.4 Å². The summed E-state index contributed by atoms with van der Waals surface area (Å²) in [6, 6.07) is 3.07. The number of carboxylic acid groups (broad SMARTS) is 1. The highest BCUT2D eigenvalue weighted by molar-refractivity contribution is 7.89. The zero-order chi connectivity index (χ0) is 14.9. The van der Waals surface area contributed by atoms with Crippen molar-refractivity contribution >= 4 is 21.8 Å². The molecule has 0 radical (unpaired) electrons. The number of fused-ring (bicyclic) bond motifs is 1. The van der Waals surface area contributed by atoms with Crippen LogP contribution in [0.5, 0.6) is 0 Å². The van der Waals surface area contributed by atoms with Gasteiger partial charge >= 0.3 is 5.97 Å². The maximum atomic E-state index is 12.1. The SMILES string of the molecule is CC(NS(=O)(=O)c1ccc2c(c1)CCCC2=O)C(=O)O. The van der Waals surface area contributed by atoms with Gasteiger partial charge in [-0.05, 0) is 43.5 Å². The number of hydrogen-bond donors (Lipinski definition) is 2. The van der Waals surface area contributed by atoms with Crippen molar-refractivity contribution in [2.45, 2.75) is 37.1 Å². The highest BCUT2D eigenvalue weighted by Gasteiger charge is 2.24. The second-order valence-corrected chi connectivity index (χ2v) is 6.49. The monoisotopic (exact) mass is 297 g/mol. The van der Waals surface area contributed by atoms with Crippen molar-refractivity contribution in [2.75, 3.05) is 0 Å². The third-order valence-electron chi connectivity index (χ3n) is 3.24. The highest BCUT2D eigenvalue weighted by Crippen LogP contribution is 2.24. The number of aryl methyl sites for hydroxylation is 1. The molecule has 0 aliphatic heterocycles. The number of carboxylic acids is 1. The van der Waals surface area contributed by atoms with Crippen LogP contribution in [0, 0.1) is 0 Å². The molecule has 20 heavy (non-hydrogen) atoms. The van der Waals surface area contributed by atoms with Gasteiger partial charge in [-0.15, -0.1) is 0 Å². The molecule has 1 aliphatic carbocycles. The summed E-state index contributed by atoms with van der Waals surface area (Å²) in [5, 5.41) is 8.75. The van der Waals surface area contributed by atoms with Crippen molar-refractivity contribution in [1.82, 2.24) is 4.72 Å². The van der Waals surface area contributed by atoms with Gasteiger partial charge in [0, 0.05) is 12.0 Å². The lowest BCUT2D eigenvalue weighted by Gasteiger charge is -2.16. The number of Topliss-reactive ketones (excluding diaryl/α,β-unsaturated/α-hetero) is 1. The van der Waals surface area contributed by atoms with Gasteiger partial charge in [0.15, 0.2) is 5.78 Å². The Kier molecular flexibility index (Phi) is 3.92. The van der Waals surface area contributed by atoms with Crippen molar-refractivity contribution in [2.24, 2.45) is 0 Å².